The van der Waals surface area contributed by atoms with Crippen molar-refractivity contribution in [2.24, 2.45) is 0 Å². The number of rotatable bonds is 5. The Morgan fingerprint density at radius 3 is 2.48 bits per heavy atom. The van der Waals surface area contributed by atoms with Crippen LogP contribution in [0.4, 0.5) is 5.69 Å². The molecule has 0 spiro atoms. The van der Waals surface area contributed by atoms with E-state index in [0.717, 1.165) is 0 Å². The molecule has 0 unspecified atom stereocenters. The minimum atomic E-state index is -0.966. The largest absolute Gasteiger partial charge is 0.495 e. The number of ether oxygens (including phenoxy) is 2. The average Bonchev–Trinajstić information content (AvgIpc) is 2.55. The Hall–Kier alpha value is -2.53. The third-order valence-corrected chi connectivity index (χ3v) is 3.32. The zero-order chi connectivity index (χ0) is 16.8. The number of carbonyl (C=O) groups excluding carboxylic acids is 2. The predicted octanol–water partition coefficient (Wildman–Crippen LogP) is 3.53. The predicted molar refractivity (Wildman–Crippen MR) is 88.0 cm³/mol. The Labute approximate surface area is 139 Å². The number of carbonyl (C=O) groups is 2. The molecular formula is C17H16ClNO4. The van der Waals surface area contributed by atoms with E-state index in [1.807, 2.05) is 0 Å². The van der Waals surface area contributed by atoms with Crippen molar-refractivity contribution in [3.63, 3.8) is 0 Å². The molecule has 1 N–H and O–H groups in total. The van der Waals surface area contributed by atoms with E-state index in [-0.39, 0.29) is 0 Å². The monoisotopic (exact) mass is 333 g/mol. The molecule has 0 saturated heterocycles. The molecular weight excluding hydrogens is 318 g/mol. The fourth-order valence-corrected chi connectivity index (χ4v) is 2.04. The van der Waals surface area contributed by atoms with Crippen LogP contribution in [-0.2, 0) is 9.53 Å². The lowest BCUT2D eigenvalue weighted by atomic mass is 10.2. The number of methoxy groups -OCH3 is 1. The summed E-state index contributed by atoms with van der Waals surface area (Å²) in [6.45, 7) is 1.49. The molecule has 5 nitrogen and oxygen atoms in total. The lowest BCUT2D eigenvalue weighted by Gasteiger charge is -2.15. The van der Waals surface area contributed by atoms with Crippen molar-refractivity contribution in [3.05, 3.63) is 59.1 Å². The fraction of sp³-hybridized carbons (Fsp3) is 0.176. The molecule has 0 saturated carbocycles. The minimum absolute atomic E-state index is 0.382. The number of anilines is 1. The number of hydrogen-bond donors (Lipinski definition) is 1. The highest BCUT2D eigenvalue weighted by molar-refractivity contribution is 6.31. The third kappa shape index (κ3) is 4.47. The van der Waals surface area contributed by atoms with E-state index in [4.69, 9.17) is 21.1 Å². The van der Waals surface area contributed by atoms with Crippen LogP contribution in [0.3, 0.4) is 0 Å². The Balaban J connectivity index is 2.03. The van der Waals surface area contributed by atoms with Gasteiger partial charge in [0.1, 0.15) is 5.75 Å². The SMILES string of the molecule is COc1ccc(Cl)cc1NC(=O)[C@@H](C)OC(=O)c1ccccc1. The summed E-state index contributed by atoms with van der Waals surface area (Å²) in [5.74, 6) is -0.578. The fourth-order valence-electron chi connectivity index (χ4n) is 1.87. The van der Waals surface area contributed by atoms with Crippen LogP contribution >= 0.6 is 11.6 Å². The number of benzene rings is 2. The molecule has 0 heterocycles. The van der Waals surface area contributed by atoms with Gasteiger partial charge in [0, 0.05) is 5.02 Å². The lowest BCUT2D eigenvalue weighted by molar-refractivity contribution is -0.123. The van der Waals surface area contributed by atoms with Crippen molar-refractivity contribution >= 4 is 29.2 Å². The number of nitrogens with one attached hydrogen (secondary N) is 1. The van der Waals surface area contributed by atoms with Gasteiger partial charge in [-0.3, -0.25) is 4.79 Å². The van der Waals surface area contributed by atoms with Crippen molar-refractivity contribution < 1.29 is 19.1 Å². The van der Waals surface area contributed by atoms with E-state index in [0.29, 0.717) is 22.0 Å². The van der Waals surface area contributed by atoms with E-state index in [1.54, 1.807) is 48.5 Å². The van der Waals surface area contributed by atoms with Gasteiger partial charge in [0.15, 0.2) is 6.10 Å². The van der Waals surface area contributed by atoms with Gasteiger partial charge in [0.05, 0.1) is 18.4 Å². The molecule has 1 atom stereocenters. The Morgan fingerprint density at radius 1 is 1.13 bits per heavy atom. The molecule has 23 heavy (non-hydrogen) atoms. The van der Waals surface area contributed by atoms with Crippen LogP contribution in [-0.4, -0.2) is 25.1 Å². The summed E-state index contributed by atoms with van der Waals surface area (Å²) in [6.07, 6.45) is -0.966. The molecule has 120 valence electrons. The summed E-state index contributed by atoms with van der Waals surface area (Å²) < 4.78 is 10.3. The van der Waals surface area contributed by atoms with Gasteiger partial charge in [-0.15, -0.1) is 0 Å². The van der Waals surface area contributed by atoms with Crippen molar-refractivity contribution in [2.75, 3.05) is 12.4 Å². The molecule has 0 aliphatic rings. The first-order valence-corrected chi connectivity index (χ1v) is 7.29. The van der Waals surface area contributed by atoms with Crippen LogP contribution < -0.4 is 10.1 Å². The molecule has 2 aromatic rings. The van der Waals surface area contributed by atoms with Crippen molar-refractivity contribution in [1.82, 2.24) is 0 Å². The molecule has 0 aliphatic heterocycles. The standard InChI is InChI=1S/C17H16ClNO4/c1-11(23-17(21)12-6-4-3-5-7-12)16(20)19-14-10-13(18)8-9-15(14)22-2/h3-11H,1-2H3,(H,19,20)/t11-/m1/s1. The van der Waals surface area contributed by atoms with Crippen LogP contribution in [0.1, 0.15) is 17.3 Å². The van der Waals surface area contributed by atoms with E-state index in [9.17, 15) is 9.59 Å². The number of halogens is 1. The van der Waals surface area contributed by atoms with Crippen LogP contribution in [0.15, 0.2) is 48.5 Å². The highest BCUT2D eigenvalue weighted by Crippen LogP contribution is 2.27. The van der Waals surface area contributed by atoms with E-state index < -0.39 is 18.0 Å². The summed E-state index contributed by atoms with van der Waals surface area (Å²) >= 11 is 5.91. The molecule has 0 fully saturated rings. The van der Waals surface area contributed by atoms with Gasteiger partial charge >= 0.3 is 5.97 Å². The first kappa shape index (κ1) is 16.8. The third-order valence-electron chi connectivity index (χ3n) is 3.08. The highest BCUT2D eigenvalue weighted by Gasteiger charge is 2.20. The first-order chi connectivity index (χ1) is 11.0. The minimum Gasteiger partial charge on any atom is -0.495 e. The second kappa shape index (κ2) is 7.65. The van der Waals surface area contributed by atoms with E-state index in [2.05, 4.69) is 5.32 Å². The molecule has 0 aliphatic carbocycles. The zero-order valence-electron chi connectivity index (χ0n) is 12.7. The van der Waals surface area contributed by atoms with Crippen LogP contribution in [0.25, 0.3) is 0 Å². The maximum absolute atomic E-state index is 12.2. The smallest absolute Gasteiger partial charge is 0.338 e. The van der Waals surface area contributed by atoms with Crippen molar-refractivity contribution in [1.29, 1.82) is 0 Å². The van der Waals surface area contributed by atoms with Crippen LogP contribution in [0.2, 0.25) is 5.02 Å². The van der Waals surface area contributed by atoms with Crippen molar-refractivity contribution in [2.45, 2.75) is 13.0 Å². The maximum Gasteiger partial charge on any atom is 0.338 e. The summed E-state index contributed by atoms with van der Waals surface area (Å²) in [4.78, 5) is 24.1. The molecule has 6 heteroatoms. The topological polar surface area (TPSA) is 64.6 Å². The Bertz CT molecular complexity index is 703. The molecule has 0 aromatic heterocycles. The first-order valence-electron chi connectivity index (χ1n) is 6.91. The van der Waals surface area contributed by atoms with Gasteiger partial charge in [-0.2, -0.15) is 0 Å². The molecule has 0 radical (unpaired) electrons. The quantitative estimate of drug-likeness (QED) is 0.850. The van der Waals surface area contributed by atoms with Gasteiger partial charge in [0.2, 0.25) is 0 Å². The summed E-state index contributed by atoms with van der Waals surface area (Å²) in [5.41, 5.74) is 0.792. The normalized spacial score (nSPS) is 11.4. The summed E-state index contributed by atoms with van der Waals surface area (Å²) in [5, 5.41) is 3.09. The van der Waals surface area contributed by atoms with Gasteiger partial charge in [-0.05, 0) is 37.3 Å². The Kier molecular flexibility index (Phi) is 5.60. The van der Waals surface area contributed by atoms with Gasteiger partial charge < -0.3 is 14.8 Å². The van der Waals surface area contributed by atoms with Gasteiger partial charge in [0.25, 0.3) is 5.91 Å². The van der Waals surface area contributed by atoms with Crippen LogP contribution in [0.5, 0.6) is 5.75 Å². The van der Waals surface area contributed by atoms with Gasteiger partial charge in [-0.1, -0.05) is 29.8 Å². The van der Waals surface area contributed by atoms with Crippen LogP contribution in [0, 0.1) is 0 Å². The number of amides is 1. The van der Waals surface area contributed by atoms with E-state index in [1.165, 1.54) is 14.0 Å². The maximum atomic E-state index is 12.2. The lowest BCUT2D eigenvalue weighted by Crippen LogP contribution is -2.30. The molecule has 2 rings (SSSR count). The molecule has 1 amide bonds. The molecule has 2 aromatic carbocycles. The molecule has 0 bridgehead atoms. The Morgan fingerprint density at radius 2 is 1.83 bits per heavy atom. The summed E-state index contributed by atoms with van der Waals surface area (Å²) in [7, 11) is 1.48. The van der Waals surface area contributed by atoms with Crippen molar-refractivity contribution in [3.8, 4) is 5.75 Å². The second-order valence-electron chi connectivity index (χ2n) is 4.75. The van der Waals surface area contributed by atoms with E-state index >= 15 is 0 Å². The summed E-state index contributed by atoms with van der Waals surface area (Å²) in [6, 6.07) is 13.3. The average molecular weight is 334 g/mol. The number of esters is 1. The second-order valence-corrected chi connectivity index (χ2v) is 5.18. The number of hydrogen-bond acceptors (Lipinski definition) is 4. The zero-order valence-corrected chi connectivity index (χ0v) is 13.5. The highest BCUT2D eigenvalue weighted by atomic mass is 35.5. The van der Waals surface area contributed by atoms with Gasteiger partial charge in [-0.25, -0.2) is 4.79 Å².